The first-order valence-corrected chi connectivity index (χ1v) is 11.1. The summed E-state index contributed by atoms with van der Waals surface area (Å²) < 4.78 is 16.4. The van der Waals surface area contributed by atoms with Crippen LogP contribution in [0.3, 0.4) is 0 Å². The van der Waals surface area contributed by atoms with Crippen LogP contribution < -0.4 is 16.4 Å². The molecule has 0 aliphatic heterocycles. The molecule has 0 saturated heterocycles. The number of aryl methyl sites for hydroxylation is 1. The molecule has 0 atom stereocenters. The number of nitrogens with zero attached hydrogens (tertiary/aromatic N) is 3. The highest BCUT2D eigenvalue weighted by molar-refractivity contribution is 5.96. The number of pyridine rings is 2. The van der Waals surface area contributed by atoms with E-state index in [9.17, 15) is 14.0 Å². The molecule has 2 aromatic carbocycles. The normalized spacial score (nSPS) is 11.1. The van der Waals surface area contributed by atoms with Crippen molar-refractivity contribution in [2.45, 2.75) is 20.0 Å². The van der Waals surface area contributed by atoms with E-state index in [1.807, 2.05) is 31.2 Å². The van der Waals surface area contributed by atoms with E-state index >= 15 is 0 Å². The summed E-state index contributed by atoms with van der Waals surface area (Å²) in [4.78, 5) is 31.1. The summed E-state index contributed by atoms with van der Waals surface area (Å²) in [5.74, 6) is -0.843. The molecular weight excluding hydrogens is 445 g/mol. The van der Waals surface area contributed by atoms with Crippen LogP contribution in [-0.2, 0) is 13.1 Å². The number of fused-ring (bicyclic) bond motifs is 2. The summed E-state index contributed by atoms with van der Waals surface area (Å²) in [6, 6.07) is 20.3. The number of aromatic nitrogens is 3. The van der Waals surface area contributed by atoms with Gasteiger partial charge in [0.05, 0.1) is 17.5 Å². The first-order chi connectivity index (χ1) is 16.9. The van der Waals surface area contributed by atoms with E-state index in [0.29, 0.717) is 11.2 Å². The van der Waals surface area contributed by atoms with E-state index in [1.165, 1.54) is 27.2 Å². The van der Waals surface area contributed by atoms with Gasteiger partial charge in [-0.3, -0.25) is 19.4 Å². The summed E-state index contributed by atoms with van der Waals surface area (Å²) in [5.41, 5.74) is 3.08. The highest BCUT2D eigenvalue weighted by atomic mass is 19.1. The summed E-state index contributed by atoms with van der Waals surface area (Å²) >= 11 is 0. The predicted octanol–water partition coefficient (Wildman–Crippen LogP) is 3.55. The van der Waals surface area contributed by atoms with Gasteiger partial charge in [0.25, 0.3) is 11.5 Å². The molecular formula is C27H22FN5O2. The van der Waals surface area contributed by atoms with E-state index in [0.717, 1.165) is 11.1 Å². The van der Waals surface area contributed by atoms with Gasteiger partial charge >= 0.3 is 0 Å². The van der Waals surface area contributed by atoms with Gasteiger partial charge in [0.15, 0.2) is 0 Å². The zero-order valence-corrected chi connectivity index (χ0v) is 19.0. The highest BCUT2D eigenvalue weighted by Gasteiger charge is 2.18. The molecule has 3 heterocycles. The number of carbonyl (C=O) groups excluding carboxylic acids is 1. The third-order valence-corrected chi connectivity index (χ3v) is 5.89. The van der Waals surface area contributed by atoms with Gasteiger partial charge in [-0.05, 0) is 48.4 Å². The molecule has 5 rings (SSSR count). The Labute approximate surface area is 199 Å². The predicted molar refractivity (Wildman–Crippen MR) is 131 cm³/mol. The van der Waals surface area contributed by atoms with Crippen LogP contribution in [-0.4, -0.2) is 19.9 Å². The lowest BCUT2D eigenvalue weighted by Gasteiger charge is -2.15. The Hall–Kier alpha value is -4.59. The number of benzene rings is 2. The minimum absolute atomic E-state index is 0.0569. The fourth-order valence-electron chi connectivity index (χ4n) is 3.97. The molecule has 8 heteroatoms. The average Bonchev–Trinajstić information content (AvgIpc) is 2.86. The van der Waals surface area contributed by atoms with E-state index in [4.69, 9.17) is 5.41 Å². The second kappa shape index (κ2) is 8.98. The fraction of sp³-hybridized carbons (Fsp3) is 0.111. The smallest absolute Gasteiger partial charge is 0.267 e. The van der Waals surface area contributed by atoms with Crippen molar-refractivity contribution in [1.82, 2.24) is 19.3 Å². The lowest BCUT2D eigenvalue weighted by Crippen LogP contribution is -2.35. The SMILES string of the molecule is Cc1ccc(CNC(=O)c2cc3c(=O)n4ccccc4nc3n(Cc3ccc(F)cc3)c2=N)cc1. The van der Waals surface area contributed by atoms with Crippen LogP contribution in [0.2, 0.25) is 0 Å². The number of amides is 1. The van der Waals surface area contributed by atoms with Crippen LogP contribution in [0.15, 0.2) is 83.8 Å². The zero-order chi connectivity index (χ0) is 24.5. The maximum absolute atomic E-state index is 13.4. The number of nitrogens with one attached hydrogen (secondary N) is 2. The van der Waals surface area contributed by atoms with Gasteiger partial charge in [0, 0.05) is 12.7 Å². The molecule has 0 fully saturated rings. The Morgan fingerprint density at radius 1 is 1.03 bits per heavy atom. The topological polar surface area (TPSA) is 92.2 Å². The third-order valence-electron chi connectivity index (χ3n) is 5.89. The molecule has 0 unspecified atom stereocenters. The minimum Gasteiger partial charge on any atom is -0.348 e. The summed E-state index contributed by atoms with van der Waals surface area (Å²) in [6.07, 6.45) is 1.61. The van der Waals surface area contributed by atoms with Crippen molar-refractivity contribution in [3.05, 3.63) is 123 Å². The number of hydrogen-bond acceptors (Lipinski definition) is 4. The first kappa shape index (κ1) is 22.2. The Balaban J connectivity index is 1.64. The van der Waals surface area contributed by atoms with Crippen molar-refractivity contribution in [1.29, 1.82) is 5.41 Å². The molecule has 0 bridgehead atoms. The quantitative estimate of drug-likeness (QED) is 0.387. The second-order valence-electron chi connectivity index (χ2n) is 8.37. The van der Waals surface area contributed by atoms with Gasteiger partial charge in [0.2, 0.25) is 0 Å². The van der Waals surface area contributed by atoms with Gasteiger partial charge in [-0.25, -0.2) is 9.37 Å². The third kappa shape index (κ3) is 4.33. The van der Waals surface area contributed by atoms with Gasteiger partial charge in [-0.2, -0.15) is 0 Å². The van der Waals surface area contributed by atoms with Crippen molar-refractivity contribution < 1.29 is 9.18 Å². The molecule has 5 aromatic rings. The maximum atomic E-state index is 13.4. The number of rotatable bonds is 5. The fourth-order valence-corrected chi connectivity index (χ4v) is 3.97. The Morgan fingerprint density at radius 2 is 1.74 bits per heavy atom. The molecule has 0 saturated carbocycles. The van der Waals surface area contributed by atoms with Crippen LogP contribution in [0.4, 0.5) is 4.39 Å². The van der Waals surface area contributed by atoms with Crippen molar-refractivity contribution in [3.63, 3.8) is 0 Å². The van der Waals surface area contributed by atoms with Crippen LogP contribution in [0, 0.1) is 18.2 Å². The monoisotopic (exact) mass is 467 g/mol. The molecule has 0 radical (unpaired) electrons. The van der Waals surface area contributed by atoms with Crippen LogP contribution in [0.25, 0.3) is 16.7 Å². The van der Waals surface area contributed by atoms with Gasteiger partial charge in [-0.15, -0.1) is 0 Å². The number of hydrogen-bond donors (Lipinski definition) is 2. The van der Waals surface area contributed by atoms with Crippen molar-refractivity contribution in [2.24, 2.45) is 0 Å². The Bertz CT molecular complexity index is 1690. The standard InChI is InChI=1S/C27H22FN5O2/c1-17-5-7-18(8-6-17)15-30-26(34)21-14-22-25(31-23-4-2-3-13-32(23)27(22)35)33(24(21)29)16-19-9-11-20(28)12-10-19/h2-14,29H,15-16H2,1H3,(H,30,34). The maximum Gasteiger partial charge on any atom is 0.267 e. The van der Waals surface area contributed by atoms with E-state index < -0.39 is 5.91 Å². The molecule has 174 valence electrons. The summed E-state index contributed by atoms with van der Waals surface area (Å²) in [5, 5.41) is 11.9. The molecule has 3 aromatic heterocycles. The average molecular weight is 468 g/mol. The largest absolute Gasteiger partial charge is 0.348 e. The number of halogens is 1. The Morgan fingerprint density at radius 3 is 2.49 bits per heavy atom. The van der Waals surface area contributed by atoms with E-state index in [-0.39, 0.29) is 46.6 Å². The molecule has 2 N–H and O–H groups in total. The highest BCUT2D eigenvalue weighted by Crippen LogP contribution is 2.13. The van der Waals surface area contributed by atoms with Crippen LogP contribution >= 0.6 is 0 Å². The molecule has 0 aliphatic carbocycles. The second-order valence-corrected chi connectivity index (χ2v) is 8.37. The van der Waals surface area contributed by atoms with Gasteiger partial charge in [0.1, 0.15) is 22.6 Å². The van der Waals surface area contributed by atoms with Crippen LogP contribution in [0.5, 0.6) is 0 Å². The van der Waals surface area contributed by atoms with Crippen molar-refractivity contribution in [2.75, 3.05) is 0 Å². The molecule has 0 aliphatic rings. The molecule has 35 heavy (non-hydrogen) atoms. The van der Waals surface area contributed by atoms with E-state index in [1.54, 1.807) is 36.5 Å². The van der Waals surface area contributed by atoms with Crippen LogP contribution in [0.1, 0.15) is 27.0 Å². The van der Waals surface area contributed by atoms with Gasteiger partial charge < -0.3 is 9.88 Å². The molecule has 0 spiro atoms. The molecule has 1 amide bonds. The zero-order valence-electron chi connectivity index (χ0n) is 19.0. The van der Waals surface area contributed by atoms with Gasteiger partial charge in [-0.1, -0.05) is 48.0 Å². The Kier molecular flexibility index (Phi) is 5.70. The molecule has 7 nitrogen and oxygen atoms in total. The lowest BCUT2D eigenvalue weighted by atomic mass is 10.1. The number of carbonyl (C=O) groups is 1. The lowest BCUT2D eigenvalue weighted by molar-refractivity contribution is 0.0948. The summed E-state index contributed by atoms with van der Waals surface area (Å²) in [7, 11) is 0. The minimum atomic E-state index is -0.470. The van der Waals surface area contributed by atoms with E-state index in [2.05, 4.69) is 10.3 Å². The van der Waals surface area contributed by atoms with Crippen molar-refractivity contribution in [3.8, 4) is 0 Å². The van der Waals surface area contributed by atoms with Crippen molar-refractivity contribution >= 4 is 22.6 Å². The summed E-state index contributed by atoms with van der Waals surface area (Å²) in [6.45, 7) is 2.41. The first-order valence-electron chi connectivity index (χ1n) is 11.1.